The van der Waals surface area contributed by atoms with Crippen molar-refractivity contribution in [1.82, 2.24) is 0 Å². The highest BCUT2D eigenvalue weighted by Crippen LogP contribution is 2.36. The minimum absolute atomic E-state index is 0.154. The first-order chi connectivity index (χ1) is 7.62. The zero-order chi connectivity index (χ0) is 12.2. The van der Waals surface area contributed by atoms with Crippen molar-refractivity contribution in [3.05, 3.63) is 23.7 Å². The molecule has 2 atom stereocenters. The van der Waals surface area contributed by atoms with Crippen molar-refractivity contribution in [1.29, 1.82) is 0 Å². The van der Waals surface area contributed by atoms with Crippen molar-refractivity contribution < 1.29 is 9.15 Å². The molecule has 3 heteroatoms. The van der Waals surface area contributed by atoms with Crippen LogP contribution in [-0.4, -0.2) is 12.2 Å². The van der Waals surface area contributed by atoms with Gasteiger partial charge in [0, 0.05) is 6.61 Å². The highest BCUT2D eigenvalue weighted by molar-refractivity contribution is 5.13. The summed E-state index contributed by atoms with van der Waals surface area (Å²) in [5.41, 5.74) is 5.88. The molecule has 0 spiro atoms. The molecular weight excluding hydrogens is 202 g/mol. The van der Waals surface area contributed by atoms with Crippen LogP contribution < -0.4 is 5.73 Å². The molecule has 92 valence electrons. The summed E-state index contributed by atoms with van der Waals surface area (Å²) < 4.78 is 11.2. The van der Waals surface area contributed by atoms with Gasteiger partial charge in [0.05, 0.1) is 11.6 Å². The van der Waals surface area contributed by atoms with Gasteiger partial charge in [0.25, 0.3) is 0 Å². The van der Waals surface area contributed by atoms with E-state index in [0.29, 0.717) is 0 Å². The number of hydrogen-bond acceptors (Lipinski definition) is 3. The molecule has 2 N–H and O–H groups in total. The zero-order valence-electron chi connectivity index (χ0n) is 10.7. The fourth-order valence-electron chi connectivity index (χ4n) is 1.97. The largest absolute Gasteiger partial charge is 0.465 e. The van der Waals surface area contributed by atoms with Gasteiger partial charge in [0.2, 0.25) is 0 Å². The van der Waals surface area contributed by atoms with E-state index in [0.717, 1.165) is 31.0 Å². The van der Waals surface area contributed by atoms with Crippen molar-refractivity contribution in [2.75, 3.05) is 6.61 Å². The molecule has 0 bridgehead atoms. The van der Waals surface area contributed by atoms with Gasteiger partial charge in [0.15, 0.2) is 0 Å². The third kappa shape index (κ3) is 2.66. The smallest absolute Gasteiger partial charge is 0.123 e. The monoisotopic (exact) mass is 225 g/mol. The van der Waals surface area contributed by atoms with Crippen LogP contribution in [0.1, 0.15) is 51.2 Å². The van der Waals surface area contributed by atoms with Crippen molar-refractivity contribution in [2.45, 2.75) is 52.2 Å². The normalized spacial score (nSPS) is 26.1. The van der Waals surface area contributed by atoms with E-state index >= 15 is 0 Å². The second kappa shape index (κ2) is 5.51. The molecule has 2 unspecified atom stereocenters. The lowest BCUT2D eigenvalue weighted by Gasteiger charge is -2.28. The van der Waals surface area contributed by atoms with Crippen LogP contribution in [0.2, 0.25) is 0 Å². The molecule has 0 saturated carbocycles. The van der Waals surface area contributed by atoms with Crippen LogP contribution in [0.15, 0.2) is 16.5 Å². The maximum Gasteiger partial charge on any atom is 0.123 e. The van der Waals surface area contributed by atoms with Crippen LogP contribution in [0.25, 0.3) is 0 Å². The predicted octanol–water partition coefficient (Wildman–Crippen LogP) is 3.18. The Morgan fingerprint density at radius 1 is 1.38 bits per heavy atom. The van der Waals surface area contributed by atoms with Gasteiger partial charge in [-0.15, -0.1) is 0 Å². The third-order valence-corrected chi connectivity index (χ3v) is 2.97. The fourth-order valence-corrected chi connectivity index (χ4v) is 1.97. The Hall–Kier alpha value is -0.800. The van der Waals surface area contributed by atoms with Crippen LogP contribution >= 0.6 is 0 Å². The molecule has 1 aromatic heterocycles. The Morgan fingerprint density at radius 2 is 2.06 bits per heavy atom. The van der Waals surface area contributed by atoms with Crippen LogP contribution in [-0.2, 0) is 4.74 Å². The van der Waals surface area contributed by atoms with Gasteiger partial charge >= 0.3 is 0 Å². The Bertz CT molecular complexity index is 313. The molecule has 0 aliphatic carbocycles. The number of rotatable bonds is 2. The maximum atomic E-state index is 6.13. The lowest BCUT2D eigenvalue weighted by atomic mass is 9.92. The molecule has 3 nitrogen and oxygen atoms in total. The summed E-state index contributed by atoms with van der Waals surface area (Å²) >= 11 is 0. The summed E-state index contributed by atoms with van der Waals surface area (Å²) in [5, 5.41) is 0. The first-order valence-corrected chi connectivity index (χ1v) is 6.08. The minimum Gasteiger partial charge on any atom is -0.465 e. The van der Waals surface area contributed by atoms with E-state index in [1.165, 1.54) is 0 Å². The Morgan fingerprint density at radius 3 is 2.50 bits per heavy atom. The van der Waals surface area contributed by atoms with Gasteiger partial charge in [-0.05, 0) is 38.8 Å². The molecule has 0 radical (unpaired) electrons. The standard InChI is InChI=1S/C11H17NO2.C2H6/c1-8-4-5-9(14-8)10(12)11(2)6-3-7-13-11;1-2/h4-5,10H,3,6-7,12H2,1-2H3;1-2H3. The molecule has 16 heavy (non-hydrogen) atoms. The van der Waals surface area contributed by atoms with E-state index in [1.54, 1.807) is 0 Å². The Kier molecular flexibility index (Phi) is 4.56. The summed E-state index contributed by atoms with van der Waals surface area (Å²) in [6, 6.07) is 3.72. The number of furan rings is 1. The van der Waals surface area contributed by atoms with Crippen LogP contribution in [0.4, 0.5) is 0 Å². The molecule has 1 aromatic rings. The molecule has 0 amide bonds. The molecule has 1 fully saturated rings. The molecule has 0 aromatic carbocycles. The average Bonchev–Trinajstić information content (AvgIpc) is 2.90. The first-order valence-electron chi connectivity index (χ1n) is 6.08. The fraction of sp³-hybridized carbons (Fsp3) is 0.692. The minimum atomic E-state index is -0.246. The van der Waals surface area contributed by atoms with Crippen LogP contribution in [0.3, 0.4) is 0 Å². The average molecular weight is 225 g/mol. The number of ether oxygens (including phenoxy) is 1. The molecule has 1 aliphatic heterocycles. The quantitative estimate of drug-likeness (QED) is 0.841. The van der Waals surface area contributed by atoms with Crippen LogP contribution in [0, 0.1) is 6.92 Å². The van der Waals surface area contributed by atoms with Crippen molar-refractivity contribution in [3.8, 4) is 0 Å². The zero-order valence-corrected chi connectivity index (χ0v) is 10.7. The van der Waals surface area contributed by atoms with Gasteiger partial charge in [-0.1, -0.05) is 13.8 Å². The predicted molar refractivity (Wildman–Crippen MR) is 65.3 cm³/mol. The van der Waals surface area contributed by atoms with E-state index in [9.17, 15) is 0 Å². The summed E-state index contributed by atoms with van der Waals surface area (Å²) in [7, 11) is 0. The van der Waals surface area contributed by atoms with Gasteiger partial charge in [-0.3, -0.25) is 0 Å². The van der Waals surface area contributed by atoms with Gasteiger partial charge < -0.3 is 14.9 Å². The van der Waals surface area contributed by atoms with E-state index in [-0.39, 0.29) is 11.6 Å². The Balaban J connectivity index is 0.000000606. The summed E-state index contributed by atoms with van der Waals surface area (Å²) in [5.74, 6) is 1.73. The van der Waals surface area contributed by atoms with Crippen molar-refractivity contribution in [3.63, 3.8) is 0 Å². The topological polar surface area (TPSA) is 48.4 Å². The van der Waals surface area contributed by atoms with E-state index in [2.05, 4.69) is 6.92 Å². The number of hydrogen-bond donors (Lipinski definition) is 1. The lowest BCUT2D eigenvalue weighted by molar-refractivity contribution is -0.00700. The summed E-state index contributed by atoms with van der Waals surface area (Å²) in [4.78, 5) is 0. The second-order valence-corrected chi connectivity index (χ2v) is 4.19. The highest BCUT2D eigenvalue weighted by atomic mass is 16.5. The lowest BCUT2D eigenvalue weighted by Crippen LogP contribution is -2.37. The van der Waals surface area contributed by atoms with Gasteiger partial charge in [-0.25, -0.2) is 0 Å². The number of aryl methyl sites for hydroxylation is 1. The first kappa shape index (κ1) is 13.3. The second-order valence-electron chi connectivity index (χ2n) is 4.19. The van der Waals surface area contributed by atoms with E-state index in [1.807, 2.05) is 32.9 Å². The summed E-state index contributed by atoms with van der Waals surface area (Å²) in [6.07, 6.45) is 2.10. The third-order valence-electron chi connectivity index (χ3n) is 2.97. The summed E-state index contributed by atoms with van der Waals surface area (Å²) in [6.45, 7) is 8.79. The SMILES string of the molecule is CC.Cc1ccc(C(N)C2(C)CCCO2)o1. The molecule has 1 aliphatic rings. The maximum absolute atomic E-state index is 6.13. The van der Waals surface area contributed by atoms with Crippen LogP contribution in [0.5, 0.6) is 0 Å². The Labute approximate surface area is 98.0 Å². The highest BCUT2D eigenvalue weighted by Gasteiger charge is 2.38. The molecule has 2 rings (SSSR count). The van der Waals surface area contributed by atoms with Crippen molar-refractivity contribution in [2.24, 2.45) is 5.73 Å². The van der Waals surface area contributed by atoms with Gasteiger partial charge in [0.1, 0.15) is 11.5 Å². The molecule has 2 heterocycles. The molecular formula is C13H23NO2. The van der Waals surface area contributed by atoms with E-state index in [4.69, 9.17) is 14.9 Å². The van der Waals surface area contributed by atoms with Gasteiger partial charge in [-0.2, -0.15) is 0 Å². The number of nitrogens with two attached hydrogens (primary N) is 1. The van der Waals surface area contributed by atoms with Crippen molar-refractivity contribution >= 4 is 0 Å². The molecule has 1 saturated heterocycles. The van der Waals surface area contributed by atoms with E-state index < -0.39 is 0 Å².